The summed E-state index contributed by atoms with van der Waals surface area (Å²) < 4.78 is 15.8. The van der Waals surface area contributed by atoms with E-state index >= 15 is 0 Å². The standard InChI is InChI=1S/C14H14BrFN4O2/c1-7-12(18-11-4-3-8(15)5-10(11)16)9(13(21)19-17)6-20(2)14(7)22/h3-6,18H,17H2,1-2H3,(H,19,21). The summed E-state index contributed by atoms with van der Waals surface area (Å²) in [6, 6.07) is 4.42. The Bertz CT molecular complexity index is 804. The van der Waals surface area contributed by atoms with E-state index in [1.165, 1.54) is 29.9 Å². The summed E-state index contributed by atoms with van der Waals surface area (Å²) in [6.45, 7) is 1.55. The zero-order chi connectivity index (χ0) is 16.4. The lowest BCUT2D eigenvalue weighted by molar-refractivity contribution is 0.0953. The van der Waals surface area contributed by atoms with Gasteiger partial charge in [-0.3, -0.25) is 15.0 Å². The molecule has 0 atom stereocenters. The summed E-state index contributed by atoms with van der Waals surface area (Å²) in [5, 5.41) is 2.79. The predicted molar refractivity (Wildman–Crippen MR) is 85.5 cm³/mol. The molecule has 0 spiro atoms. The number of anilines is 2. The fraction of sp³-hybridized carbons (Fsp3) is 0.143. The molecule has 0 saturated carbocycles. The van der Waals surface area contributed by atoms with Crippen LogP contribution in [-0.2, 0) is 7.05 Å². The van der Waals surface area contributed by atoms with Gasteiger partial charge in [0.2, 0.25) is 0 Å². The second-order valence-corrected chi connectivity index (χ2v) is 5.60. The third kappa shape index (κ3) is 3.02. The Morgan fingerprint density at radius 1 is 1.41 bits per heavy atom. The average molecular weight is 369 g/mol. The van der Waals surface area contributed by atoms with E-state index in [-0.39, 0.29) is 28.1 Å². The first kappa shape index (κ1) is 16.2. The summed E-state index contributed by atoms with van der Waals surface area (Å²) in [7, 11) is 1.52. The van der Waals surface area contributed by atoms with Gasteiger partial charge < -0.3 is 9.88 Å². The van der Waals surface area contributed by atoms with Gasteiger partial charge in [-0.25, -0.2) is 10.2 Å². The van der Waals surface area contributed by atoms with E-state index in [1.54, 1.807) is 13.0 Å². The molecule has 1 aromatic carbocycles. The SMILES string of the molecule is Cc1c(Nc2ccc(Br)cc2F)c(C(=O)NN)cn(C)c1=O. The van der Waals surface area contributed by atoms with Crippen LogP contribution in [0.1, 0.15) is 15.9 Å². The smallest absolute Gasteiger partial charge is 0.268 e. The van der Waals surface area contributed by atoms with Gasteiger partial charge in [-0.1, -0.05) is 15.9 Å². The van der Waals surface area contributed by atoms with Crippen LogP contribution >= 0.6 is 15.9 Å². The lowest BCUT2D eigenvalue weighted by Gasteiger charge is -2.15. The number of halogens is 2. The van der Waals surface area contributed by atoms with Crippen molar-refractivity contribution < 1.29 is 9.18 Å². The molecule has 0 radical (unpaired) electrons. The predicted octanol–water partition coefficient (Wildman–Crippen LogP) is 1.94. The summed E-state index contributed by atoms with van der Waals surface area (Å²) >= 11 is 3.16. The van der Waals surface area contributed by atoms with Crippen molar-refractivity contribution in [2.45, 2.75) is 6.92 Å². The van der Waals surface area contributed by atoms with Crippen LogP contribution in [-0.4, -0.2) is 10.5 Å². The third-order valence-corrected chi connectivity index (χ3v) is 3.67. The molecule has 0 fully saturated rings. The Balaban J connectivity index is 2.60. The lowest BCUT2D eigenvalue weighted by Crippen LogP contribution is -2.33. The fourth-order valence-corrected chi connectivity index (χ4v) is 2.36. The Kier molecular flexibility index (Phi) is 4.62. The van der Waals surface area contributed by atoms with Crippen LogP contribution in [0.3, 0.4) is 0 Å². The molecule has 6 nitrogen and oxygen atoms in total. The number of hydrazine groups is 1. The second kappa shape index (κ2) is 6.29. The number of pyridine rings is 1. The van der Waals surface area contributed by atoms with Crippen LogP contribution in [0.5, 0.6) is 0 Å². The molecule has 4 N–H and O–H groups in total. The van der Waals surface area contributed by atoms with E-state index in [0.717, 1.165) is 0 Å². The molecular formula is C14H14BrFN4O2. The van der Waals surface area contributed by atoms with Crippen molar-refractivity contribution in [1.82, 2.24) is 9.99 Å². The highest BCUT2D eigenvalue weighted by Gasteiger charge is 2.18. The number of nitrogens with zero attached hydrogens (tertiary/aromatic N) is 1. The van der Waals surface area contributed by atoms with E-state index in [2.05, 4.69) is 21.2 Å². The van der Waals surface area contributed by atoms with Gasteiger partial charge in [-0.2, -0.15) is 0 Å². The average Bonchev–Trinajstić information content (AvgIpc) is 2.49. The monoisotopic (exact) mass is 368 g/mol. The molecular weight excluding hydrogens is 355 g/mol. The highest BCUT2D eigenvalue weighted by Crippen LogP contribution is 2.26. The molecule has 0 bridgehead atoms. The molecule has 1 aromatic heterocycles. The van der Waals surface area contributed by atoms with Gasteiger partial charge in [0.25, 0.3) is 11.5 Å². The van der Waals surface area contributed by atoms with Crippen molar-refractivity contribution in [3.8, 4) is 0 Å². The summed E-state index contributed by atoms with van der Waals surface area (Å²) in [5.74, 6) is 4.05. The number of aryl methyl sites for hydroxylation is 1. The minimum atomic E-state index is -0.585. The zero-order valence-corrected chi connectivity index (χ0v) is 13.5. The number of amides is 1. The van der Waals surface area contributed by atoms with Crippen LogP contribution in [0.4, 0.5) is 15.8 Å². The van der Waals surface area contributed by atoms with Gasteiger partial charge in [0, 0.05) is 23.3 Å². The van der Waals surface area contributed by atoms with E-state index in [1.807, 2.05) is 5.43 Å². The van der Waals surface area contributed by atoms with Crippen LogP contribution in [0.25, 0.3) is 0 Å². The molecule has 0 aliphatic carbocycles. The van der Waals surface area contributed by atoms with Crippen LogP contribution in [0, 0.1) is 12.7 Å². The molecule has 0 saturated heterocycles. The Labute approximate surface area is 134 Å². The first-order chi connectivity index (χ1) is 10.3. The van der Waals surface area contributed by atoms with Gasteiger partial charge >= 0.3 is 0 Å². The van der Waals surface area contributed by atoms with Crippen molar-refractivity contribution in [2.75, 3.05) is 5.32 Å². The van der Waals surface area contributed by atoms with E-state index in [4.69, 9.17) is 5.84 Å². The quantitative estimate of drug-likeness (QED) is 0.438. The first-order valence-electron chi connectivity index (χ1n) is 6.28. The number of carbonyl (C=O) groups is 1. The number of aromatic nitrogens is 1. The summed E-state index contributed by atoms with van der Waals surface area (Å²) in [6.07, 6.45) is 1.34. The van der Waals surface area contributed by atoms with Gasteiger partial charge in [-0.05, 0) is 25.1 Å². The van der Waals surface area contributed by atoms with E-state index in [0.29, 0.717) is 4.47 Å². The number of hydrogen-bond donors (Lipinski definition) is 3. The summed E-state index contributed by atoms with van der Waals surface area (Å²) in [4.78, 5) is 23.9. The maximum atomic E-state index is 14.0. The Morgan fingerprint density at radius 3 is 2.68 bits per heavy atom. The molecule has 1 amide bonds. The minimum Gasteiger partial charge on any atom is -0.352 e. The molecule has 116 valence electrons. The van der Waals surface area contributed by atoms with Gasteiger partial charge in [0.05, 0.1) is 16.9 Å². The molecule has 0 aliphatic heterocycles. The van der Waals surface area contributed by atoms with E-state index in [9.17, 15) is 14.0 Å². The highest BCUT2D eigenvalue weighted by atomic mass is 79.9. The van der Waals surface area contributed by atoms with Gasteiger partial charge in [0.15, 0.2) is 0 Å². The molecule has 1 heterocycles. The van der Waals surface area contributed by atoms with Crippen LogP contribution < -0.4 is 22.1 Å². The largest absolute Gasteiger partial charge is 0.352 e. The molecule has 22 heavy (non-hydrogen) atoms. The van der Waals surface area contributed by atoms with Crippen molar-refractivity contribution in [3.05, 3.63) is 56.2 Å². The van der Waals surface area contributed by atoms with Crippen molar-refractivity contribution in [3.63, 3.8) is 0 Å². The first-order valence-corrected chi connectivity index (χ1v) is 7.07. The molecule has 0 aliphatic rings. The number of nitrogens with one attached hydrogen (secondary N) is 2. The molecule has 2 rings (SSSR count). The van der Waals surface area contributed by atoms with Gasteiger partial charge in [0.1, 0.15) is 5.82 Å². The summed E-state index contributed by atoms with van der Waals surface area (Å²) in [5.41, 5.74) is 2.50. The van der Waals surface area contributed by atoms with Crippen LogP contribution in [0.2, 0.25) is 0 Å². The Morgan fingerprint density at radius 2 is 2.09 bits per heavy atom. The number of nitrogen functional groups attached to an aromatic ring is 1. The van der Waals surface area contributed by atoms with Crippen molar-refractivity contribution >= 4 is 33.2 Å². The van der Waals surface area contributed by atoms with Gasteiger partial charge in [-0.15, -0.1) is 0 Å². The molecule has 8 heteroatoms. The number of nitrogens with two attached hydrogens (primary N) is 1. The molecule has 0 unspecified atom stereocenters. The molecule has 2 aromatic rings. The maximum absolute atomic E-state index is 14.0. The Hall–Kier alpha value is -2.19. The minimum absolute atomic E-state index is 0.143. The lowest BCUT2D eigenvalue weighted by atomic mass is 10.1. The van der Waals surface area contributed by atoms with Crippen LogP contribution in [0.15, 0.2) is 33.7 Å². The normalized spacial score (nSPS) is 10.4. The van der Waals surface area contributed by atoms with Crippen molar-refractivity contribution in [1.29, 1.82) is 0 Å². The second-order valence-electron chi connectivity index (χ2n) is 4.68. The van der Waals surface area contributed by atoms with Crippen molar-refractivity contribution in [2.24, 2.45) is 12.9 Å². The third-order valence-electron chi connectivity index (χ3n) is 3.17. The topological polar surface area (TPSA) is 89.2 Å². The number of benzene rings is 1. The zero-order valence-electron chi connectivity index (χ0n) is 11.9. The number of rotatable bonds is 3. The number of carbonyl (C=O) groups excluding carboxylic acids is 1. The highest BCUT2D eigenvalue weighted by molar-refractivity contribution is 9.10. The fourth-order valence-electron chi connectivity index (χ4n) is 2.03. The number of hydrogen-bond acceptors (Lipinski definition) is 4. The maximum Gasteiger partial charge on any atom is 0.268 e. The van der Waals surface area contributed by atoms with E-state index < -0.39 is 11.7 Å².